The van der Waals surface area contributed by atoms with E-state index in [1.54, 1.807) is 7.11 Å². The van der Waals surface area contributed by atoms with Gasteiger partial charge in [0.25, 0.3) is 0 Å². The summed E-state index contributed by atoms with van der Waals surface area (Å²) in [5, 5.41) is 10.5. The number of ether oxygens (including phenoxy) is 1. The van der Waals surface area contributed by atoms with E-state index in [0.717, 1.165) is 16.7 Å². The second-order valence-corrected chi connectivity index (χ2v) is 6.45. The Balaban J connectivity index is 2.23. The van der Waals surface area contributed by atoms with Gasteiger partial charge in [0.2, 0.25) is 0 Å². The van der Waals surface area contributed by atoms with E-state index in [1.807, 2.05) is 36.4 Å². The Morgan fingerprint density at radius 2 is 1.67 bits per heavy atom. The maximum Gasteiger partial charge on any atom is 0.104 e. The molecule has 21 heavy (non-hydrogen) atoms. The highest BCUT2D eigenvalue weighted by Gasteiger charge is 2.15. The normalized spacial score (nSPS) is 13.2. The van der Waals surface area contributed by atoms with E-state index in [4.69, 9.17) is 4.74 Å². The van der Waals surface area contributed by atoms with Gasteiger partial charge in [-0.05, 0) is 27.7 Å². The molecular weight excluding hydrogens is 260 g/mol. The molecular formula is C19H24O2. The van der Waals surface area contributed by atoms with Crippen molar-refractivity contribution in [3.8, 4) is 0 Å². The van der Waals surface area contributed by atoms with Gasteiger partial charge in [-0.15, -0.1) is 0 Å². The van der Waals surface area contributed by atoms with Gasteiger partial charge in [0, 0.05) is 7.11 Å². The number of aliphatic hydroxyl groups excluding tert-OH is 1. The molecule has 0 spiro atoms. The Morgan fingerprint density at radius 3 is 2.24 bits per heavy atom. The molecule has 0 heterocycles. The number of hydrogen-bond donors (Lipinski definition) is 1. The van der Waals surface area contributed by atoms with E-state index in [2.05, 4.69) is 32.9 Å². The van der Waals surface area contributed by atoms with Gasteiger partial charge < -0.3 is 9.84 Å². The predicted molar refractivity (Wildman–Crippen MR) is 86.4 cm³/mol. The number of benzene rings is 2. The molecule has 112 valence electrons. The molecule has 1 N–H and O–H groups in total. The fourth-order valence-corrected chi connectivity index (χ4v) is 2.38. The van der Waals surface area contributed by atoms with Crippen molar-refractivity contribution in [2.75, 3.05) is 7.11 Å². The summed E-state index contributed by atoms with van der Waals surface area (Å²) in [5.41, 5.74) is 4.28. The van der Waals surface area contributed by atoms with Crippen LogP contribution in [0.5, 0.6) is 0 Å². The van der Waals surface area contributed by atoms with Crippen molar-refractivity contribution in [3.63, 3.8) is 0 Å². The van der Waals surface area contributed by atoms with Crippen molar-refractivity contribution in [2.24, 2.45) is 0 Å². The monoisotopic (exact) mass is 284 g/mol. The summed E-state index contributed by atoms with van der Waals surface area (Å²) in [6, 6.07) is 16.1. The minimum atomic E-state index is -0.601. The summed E-state index contributed by atoms with van der Waals surface area (Å²) < 4.78 is 5.14. The summed E-state index contributed by atoms with van der Waals surface area (Å²) in [4.78, 5) is 0. The van der Waals surface area contributed by atoms with E-state index in [-0.39, 0.29) is 5.41 Å². The lowest BCUT2D eigenvalue weighted by molar-refractivity contribution is 0.184. The van der Waals surface area contributed by atoms with Crippen molar-refractivity contribution in [3.05, 3.63) is 70.8 Å². The van der Waals surface area contributed by atoms with Crippen LogP contribution in [0.2, 0.25) is 0 Å². The zero-order valence-electron chi connectivity index (χ0n) is 13.3. The lowest BCUT2D eigenvalue weighted by Gasteiger charge is -2.20. The third-order valence-corrected chi connectivity index (χ3v) is 3.67. The first-order valence-electron chi connectivity index (χ1n) is 7.28. The van der Waals surface area contributed by atoms with E-state index in [1.165, 1.54) is 5.56 Å². The molecule has 0 saturated carbocycles. The molecule has 1 atom stereocenters. The Bertz CT molecular complexity index is 579. The highest BCUT2D eigenvalue weighted by Crippen LogP contribution is 2.27. The molecule has 0 aromatic heterocycles. The zero-order valence-corrected chi connectivity index (χ0v) is 13.3. The van der Waals surface area contributed by atoms with Gasteiger partial charge in [-0.1, -0.05) is 69.3 Å². The molecule has 2 aromatic carbocycles. The van der Waals surface area contributed by atoms with E-state index in [0.29, 0.717) is 6.61 Å². The minimum Gasteiger partial charge on any atom is -0.384 e. The van der Waals surface area contributed by atoms with Crippen molar-refractivity contribution in [2.45, 2.75) is 38.9 Å². The molecule has 2 rings (SSSR count). The molecule has 2 heteroatoms. The Labute approximate surface area is 127 Å². The van der Waals surface area contributed by atoms with Gasteiger partial charge in [-0.3, -0.25) is 0 Å². The topological polar surface area (TPSA) is 29.5 Å². The van der Waals surface area contributed by atoms with Crippen LogP contribution in [0.15, 0.2) is 48.5 Å². The number of methoxy groups -OCH3 is 1. The van der Waals surface area contributed by atoms with E-state index in [9.17, 15) is 5.11 Å². The second-order valence-electron chi connectivity index (χ2n) is 6.45. The summed E-state index contributed by atoms with van der Waals surface area (Å²) in [7, 11) is 1.67. The fourth-order valence-electron chi connectivity index (χ4n) is 2.38. The van der Waals surface area contributed by atoms with Crippen LogP contribution in [0, 0.1) is 0 Å². The Kier molecular flexibility index (Phi) is 4.81. The lowest BCUT2D eigenvalue weighted by Crippen LogP contribution is -2.11. The van der Waals surface area contributed by atoms with Crippen molar-refractivity contribution in [1.29, 1.82) is 0 Å². The fraction of sp³-hybridized carbons (Fsp3) is 0.368. The van der Waals surface area contributed by atoms with E-state index >= 15 is 0 Å². The first-order chi connectivity index (χ1) is 9.91. The summed E-state index contributed by atoms with van der Waals surface area (Å²) in [6.07, 6.45) is -0.601. The molecule has 2 nitrogen and oxygen atoms in total. The van der Waals surface area contributed by atoms with Crippen molar-refractivity contribution < 1.29 is 9.84 Å². The smallest absolute Gasteiger partial charge is 0.104 e. The van der Waals surface area contributed by atoms with Crippen LogP contribution in [0.1, 0.15) is 49.1 Å². The standard InChI is InChI=1S/C19H24O2/c1-19(2,3)17-10-8-15(9-11-17)18(20)16-7-5-6-14(12-16)13-21-4/h5-12,18,20H,13H2,1-4H3. The lowest BCUT2D eigenvalue weighted by atomic mass is 9.86. The summed E-state index contributed by atoms with van der Waals surface area (Å²) in [5.74, 6) is 0. The predicted octanol–water partition coefficient (Wildman–Crippen LogP) is 4.21. The summed E-state index contributed by atoms with van der Waals surface area (Å²) in [6.45, 7) is 7.12. The molecule has 0 bridgehead atoms. The first-order valence-corrected chi connectivity index (χ1v) is 7.28. The number of aliphatic hydroxyl groups is 1. The third-order valence-electron chi connectivity index (χ3n) is 3.67. The third kappa shape index (κ3) is 3.93. The van der Waals surface area contributed by atoms with Gasteiger partial charge in [0.1, 0.15) is 6.10 Å². The van der Waals surface area contributed by atoms with E-state index < -0.39 is 6.10 Å². The molecule has 0 aliphatic heterocycles. The van der Waals surface area contributed by atoms with Crippen molar-refractivity contribution >= 4 is 0 Å². The molecule has 0 aliphatic carbocycles. The minimum absolute atomic E-state index is 0.127. The highest BCUT2D eigenvalue weighted by atomic mass is 16.5. The van der Waals surface area contributed by atoms with Gasteiger partial charge in [0.15, 0.2) is 0 Å². The SMILES string of the molecule is COCc1cccc(C(O)c2ccc(C(C)(C)C)cc2)c1. The number of hydrogen-bond acceptors (Lipinski definition) is 2. The Morgan fingerprint density at radius 1 is 1.00 bits per heavy atom. The van der Waals surface area contributed by atoms with Crippen LogP contribution in [0.4, 0.5) is 0 Å². The van der Waals surface area contributed by atoms with Gasteiger partial charge >= 0.3 is 0 Å². The average molecular weight is 284 g/mol. The molecule has 1 unspecified atom stereocenters. The molecule has 0 radical (unpaired) electrons. The van der Waals surface area contributed by atoms with Crippen LogP contribution in [0.3, 0.4) is 0 Å². The van der Waals surface area contributed by atoms with Crippen LogP contribution in [0.25, 0.3) is 0 Å². The van der Waals surface area contributed by atoms with Crippen molar-refractivity contribution in [1.82, 2.24) is 0 Å². The first kappa shape index (κ1) is 15.7. The Hall–Kier alpha value is -1.64. The molecule has 2 aromatic rings. The van der Waals surface area contributed by atoms with Gasteiger partial charge in [-0.2, -0.15) is 0 Å². The number of rotatable bonds is 4. The second kappa shape index (κ2) is 6.42. The largest absolute Gasteiger partial charge is 0.384 e. The van der Waals surface area contributed by atoms with Crippen LogP contribution in [-0.2, 0) is 16.8 Å². The van der Waals surface area contributed by atoms with Crippen LogP contribution in [-0.4, -0.2) is 12.2 Å². The molecule has 0 fully saturated rings. The van der Waals surface area contributed by atoms with Gasteiger partial charge in [0.05, 0.1) is 6.61 Å². The highest BCUT2D eigenvalue weighted by molar-refractivity contribution is 5.35. The molecule has 0 saturated heterocycles. The molecule has 0 aliphatic rings. The van der Waals surface area contributed by atoms with Crippen LogP contribution >= 0.6 is 0 Å². The molecule has 0 amide bonds. The average Bonchev–Trinajstić information content (AvgIpc) is 2.46. The quantitative estimate of drug-likeness (QED) is 0.911. The summed E-state index contributed by atoms with van der Waals surface area (Å²) >= 11 is 0. The maximum atomic E-state index is 10.5. The van der Waals surface area contributed by atoms with Crippen LogP contribution < -0.4 is 0 Å². The maximum absolute atomic E-state index is 10.5. The van der Waals surface area contributed by atoms with Gasteiger partial charge in [-0.25, -0.2) is 0 Å². The zero-order chi connectivity index (χ0) is 15.5.